The van der Waals surface area contributed by atoms with Crippen molar-refractivity contribution in [2.75, 3.05) is 11.5 Å². The molecule has 0 N–H and O–H groups in total. The molecule has 2 aromatic heterocycles. The average molecular weight is 440 g/mol. The summed E-state index contributed by atoms with van der Waals surface area (Å²) in [6, 6.07) is 9.51. The highest BCUT2D eigenvalue weighted by Gasteiger charge is 2.36. The van der Waals surface area contributed by atoms with Crippen molar-refractivity contribution < 1.29 is 13.2 Å². The van der Waals surface area contributed by atoms with Crippen molar-refractivity contribution in [2.45, 2.75) is 25.9 Å². The Labute approximate surface area is 171 Å². The zero-order valence-electron chi connectivity index (χ0n) is 14.6. The number of amides is 1. The molecule has 1 amide bonds. The number of hydrogen-bond donors (Lipinski definition) is 0. The molecule has 3 heterocycles. The van der Waals surface area contributed by atoms with Gasteiger partial charge in [-0.1, -0.05) is 29.8 Å². The van der Waals surface area contributed by atoms with Gasteiger partial charge in [0, 0.05) is 21.0 Å². The van der Waals surface area contributed by atoms with Gasteiger partial charge in [-0.15, -0.1) is 22.7 Å². The Bertz CT molecular complexity index is 1100. The number of aryl methyl sites for hydroxylation is 1. The summed E-state index contributed by atoms with van der Waals surface area (Å²) in [5, 5.41) is 3.28. The van der Waals surface area contributed by atoms with Gasteiger partial charge in [0.05, 0.1) is 23.1 Å². The molecule has 1 aromatic carbocycles. The first-order chi connectivity index (χ1) is 12.8. The third-order valence-electron chi connectivity index (χ3n) is 4.80. The van der Waals surface area contributed by atoms with Crippen LogP contribution < -0.4 is 0 Å². The van der Waals surface area contributed by atoms with Crippen molar-refractivity contribution in [3.63, 3.8) is 0 Å². The van der Waals surface area contributed by atoms with Crippen LogP contribution in [-0.2, 0) is 16.4 Å². The number of carbonyl (C=O) groups is 1. The lowest BCUT2D eigenvalue weighted by molar-refractivity contribution is 0.0688. The number of fused-ring (bicyclic) bond motifs is 1. The number of carbonyl (C=O) groups excluding carboxylic acids is 1. The molecule has 4 nitrogen and oxygen atoms in total. The van der Waals surface area contributed by atoms with Crippen molar-refractivity contribution >= 4 is 60.1 Å². The summed E-state index contributed by atoms with van der Waals surface area (Å²) in [5.41, 5.74) is 1.11. The third kappa shape index (κ3) is 3.78. The number of rotatable bonds is 4. The van der Waals surface area contributed by atoms with Crippen LogP contribution in [0, 0.1) is 6.92 Å². The second-order valence-electron chi connectivity index (χ2n) is 6.81. The minimum Gasteiger partial charge on any atom is -0.329 e. The molecule has 142 valence electrons. The highest BCUT2D eigenvalue weighted by molar-refractivity contribution is 7.91. The first kappa shape index (κ1) is 18.9. The molecular weight excluding hydrogens is 422 g/mol. The predicted octanol–water partition coefficient (Wildman–Crippen LogP) is 4.75. The van der Waals surface area contributed by atoms with Gasteiger partial charge in [-0.2, -0.15) is 0 Å². The van der Waals surface area contributed by atoms with Gasteiger partial charge in [-0.25, -0.2) is 8.42 Å². The van der Waals surface area contributed by atoms with E-state index >= 15 is 0 Å². The van der Waals surface area contributed by atoms with Crippen LogP contribution in [0.2, 0.25) is 5.02 Å². The number of sulfone groups is 1. The fourth-order valence-corrected chi connectivity index (χ4v) is 7.40. The van der Waals surface area contributed by atoms with Crippen molar-refractivity contribution in [1.82, 2.24) is 4.90 Å². The van der Waals surface area contributed by atoms with E-state index in [0.29, 0.717) is 22.9 Å². The topological polar surface area (TPSA) is 54.5 Å². The Kier molecular flexibility index (Phi) is 5.05. The van der Waals surface area contributed by atoms with Crippen LogP contribution in [-0.4, -0.2) is 36.8 Å². The van der Waals surface area contributed by atoms with Gasteiger partial charge in [-0.05, 0) is 36.4 Å². The van der Waals surface area contributed by atoms with Gasteiger partial charge in [0.15, 0.2) is 9.84 Å². The quantitative estimate of drug-likeness (QED) is 0.589. The summed E-state index contributed by atoms with van der Waals surface area (Å²) < 4.78 is 25.0. The van der Waals surface area contributed by atoms with E-state index in [0.717, 1.165) is 20.5 Å². The molecule has 0 unspecified atom stereocenters. The molecule has 0 aliphatic carbocycles. The summed E-state index contributed by atoms with van der Waals surface area (Å²) >= 11 is 9.48. The monoisotopic (exact) mass is 439 g/mol. The Hall–Kier alpha value is -1.41. The third-order valence-corrected chi connectivity index (χ3v) is 9.05. The number of halogens is 1. The normalized spacial score (nSPS) is 18.8. The maximum Gasteiger partial charge on any atom is 0.266 e. The zero-order valence-corrected chi connectivity index (χ0v) is 17.8. The van der Waals surface area contributed by atoms with E-state index in [1.165, 1.54) is 11.3 Å². The van der Waals surface area contributed by atoms with Crippen LogP contribution >= 0.6 is 34.3 Å². The second kappa shape index (κ2) is 7.20. The Morgan fingerprint density at radius 1 is 1.33 bits per heavy atom. The molecule has 0 bridgehead atoms. The smallest absolute Gasteiger partial charge is 0.266 e. The van der Waals surface area contributed by atoms with Gasteiger partial charge >= 0.3 is 0 Å². The van der Waals surface area contributed by atoms with E-state index < -0.39 is 9.84 Å². The van der Waals surface area contributed by atoms with E-state index in [-0.39, 0.29) is 23.5 Å². The maximum atomic E-state index is 13.4. The van der Waals surface area contributed by atoms with Crippen LogP contribution in [0.25, 0.3) is 10.1 Å². The first-order valence-corrected chi connectivity index (χ1v) is 12.5. The van der Waals surface area contributed by atoms with E-state index in [4.69, 9.17) is 11.6 Å². The summed E-state index contributed by atoms with van der Waals surface area (Å²) in [5.74, 6) is -0.0360. The van der Waals surface area contributed by atoms with Crippen LogP contribution in [0.3, 0.4) is 0 Å². The summed E-state index contributed by atoms with van der Waals surface area (Å²) in [6.45, 7) is 2.40. The Morgan fingerprint density at radius 2 is 2.15 bits per heavy atom. The molecule has 0 spiro atoms. The van der Waals surface area contributed by atoms with E-state index in [2.05, 4.69) is 0 Å². The minimum absolute atomic E-state index is 0.0196. The molecule has 0 saturated carbocycles. The van der Waals surface area contributed by atoms with E-state index in [9.17, 15) is 13.2 Å². The Balaban J connectivity index is 1.73. The average Bonchev–Trinajstić information content (AvgIpc) is 3.32. The number of hydrogen-bond acceptors (Lipinski definition) is 5. The lowest BCUT2D eigenvalue weighted by atomic mass is 10.1. The predicted molar refractivity (Wildman–Crippen MR) is 113 cm³/mol. The molecule has 0 radical (unpaired) electrons. The molecular formula is C19H18ClNO3S3. The zero-order chi connectivity index (χ0) is 19.2. The van der Waals surface area contributed by atoms with Crippen LogP contribution in [0.5, 0.6) is 0 Å². The maximum absolute atomic E-state index is 13.4. The molecule has 1 aliphatic heterocycles. The lowest BCUT2D eigenvalue weighted by Crippen LogP contribution is -2.40. The molecule has 1 saturated heterocycles. The van der Waals surface area contributed by atoms with Crippen molar-refractivity contribution in [2.24, 2.45) is 0 Å². The fourth-order valence-electron chi connectivity index (χ4n) is 3.40. The molecule has 3 aromatic rings. The Morgan fingerprint density at radius 3 is 2.81 bits per heavy atom. The van der Waals surface area contributed by atoms with Gasteiger partial charge in [0.1, 0.15) is 4.88 Å². The standard InChI is InChI=1S/C19H18ClNO3S3/c1-12-4-5-15-16(9-12)26-18(17(15)20)19(22)21(10-14-3-2-7-25-14)13-6-8-27(23,24)11-13/h2-5,7,9,13H,6,8,10-11H2,1H3/t13-/m1/s1. The van der Waals surface area contributed by atoms with Gasteiger partial charge in [0.25, 0.3) is 5.91 Å². The van der Waals surface area contributed by atoms with Crippen LogP contribution in [0.1, 0.15) is 26.5 Å². The molecule has 4 rings (SSSR count). The van der Waals surface area contributed by atoms with E-state index in [1.54, 1.807) is 16.2 Å². The second-order valence-corrected chi connectivity index (χ2v) is 11.5. The fraction of sp³-hybridized carbons (Fsp3) is 0.316. The minimum atomic E-state index is -3.10. The highest BCUT2D eigenvalue weighted by Crippen LogP contribution is 2.37. The highest BCUT2D eigenvalue weighted by atomic mass is 35.5. The van der Waals surface area contributed by atoms with Gasteiger partial charge < -0.3 is 4.90 Å². The molecule has 1 aliphatic rings. The molecule has 1 fully saturated rings. The molecule has 8 heteroatoms. The number of nitrogens with zero attached hydrogens (tertiary/aromatic N) is 1. The first-order valence-electron chi connectivity index (χ1n) is 8.56. The largest absolute Gasteiger partial charge is 0.329 e. The molecule has 27 heavy (non-hydrogen) atoms. The molecule has 1 atom stereocenters. The van der Waals surface area contributed by atoms with E-state index in [1.807, 2.05) is 42.6 Å². The number of benzene rings is 1. The summed E-state index contributed by atoms with van der Waals surface area (Å²) in [7, 11) is -3.10. The van der Waals surface area contributed by atoms with Gasteiger partial charge in [0.2, 0.25) is 0 Å². The van der Waals surface area contributed by atoms with Crippen molar-refractivity contribution in [3.05, 3.63) is 56.1 Å². The van der Waals surface area contributed by atoms with Crippen molar-refractivity contribution in [1.29, 1.82) is 0 Å². The summed E-state index contributed by atoms with van der Waals surface area (Å²) in [4.78, 5) is 16.6. The van der Waals surface area contributed by atoms with Crippen LogP contribution in [0.15, 0.2) is 35.7 Å². The lowest BCUT2D eigenvalue weighted by Gasteiger charge is -2.27. The van der Waals surface area contributed by atoms with Gasteiger partial charge in [-0.3, -0.25) is 4.79 Å². The van der Waals surface area contributed by atoms with Crippen LogP contribution in [0.4, 0.5) is 0 Å². The summed E-state index contributed by atoms with van der Waals surface area (Å²) in [6.07, 6.45) is 0.473. The van der Waals surface area contributed by atoms with Crippen molar-refractivity contribution in [3.8, 4) is 0 Å². The number of thiophene rings is 2. The SMILES string of the molecule is Cc1ccc2c(Cl)c(C(=O)N(Cc3cccs3)[C@@H]3CCS(=O)(=O)C3)sc2c1.